The Kier molecular flexibility index (Phi) is 1.07. The van der Waals surface area contributed by atoms with Gasteiger partial charge >= 0.3 is 0 Å². The van der Waals surface area contributed by atoms with Crippen LogP contribution in [0.5, 0.6) is 0 Å². The predicted octanol–water partition coefficient (Wildman–Crippen LogP) is -0.0734. The number of aromatic amines is 1. The Bertz CT molecular complexity index is 274. The van der Waals surface area contributed by atoms with Crippen LogP contribution in [0.15, 0.2) is 12.4 Å². The quantitative estimate of drug-likeness (QED) is 0.620. The molecule has 11 heavy (non-hydrogen) atoms. The maximum atomic E-state index is 10.9. The summed E-state index contributed by atoms with van der Waals surface area (Å²) in [6.45, 7) is 0. The number of primary amides is 1. The number of carbonyl (C=O) groups excluding carboxylic acids is 1. The van der Waals surface area contributed by atoms with Crippen molar-refractivity contribution in [2.45, 2.75) is 18.3 Å². The minimum absolute atomic E-state index is 0.271. The van der Waals surface area contributed by atoms with Crippen LogP contribution in [-0.2, 0) is 10.2 Å². The molecule has 0 atom stereocenters. The number of amides is 1. The largest absolute Gasteiger partial charge is 0.369 e. The Labute approximate surface area is 63.8 Å². The van der Waals surface area contributed by atoms with Crippen molar-refractivity contribution in [1.82, 2.24) is 9.97 Å². The number of rotatable bonds is 2. The van der Waals surface area contributed by atoms with Crippen LogP contribution in [0, 0.1) is 0 Å². The molecule has 4 heteroatoms. The van der Waals surface area contributed by atoms with E-state index in [-0.39, 0.29) is 5.91 Å². The molecule has 1 aromatic heterocycles. The molecular formula is C7H9N3O. The molecule has 1 amide bonds. The van der Waals surface area contributed by atoms with Gasteiger partial charge in [-0.3, -0.25) is 4.79 Å². The van der Waals surface area contributed by atoms with E-state index >= 15 is 0 Å². The number of carbonyl (C=O) groups is 1. The van der Waals surface area contributed by atoms with Gasteiger partial charge in [0.1, 0.15) is 11.2 Å². The second-order valence-corrected chi connectivity index (χ2v) is 2.88. The number of hydrogen-bond acceptors (Lipinski definition) is 2. The third-order valence-corrected chi connectivity index (χ3v) is 2.17. The zero-order valence-corrected chi connectivity index (χ0v) is 6.00. The highest BCUT2D eigenvalue weighted by molar-refractivity contribution is 5.88. The van der Waals surface area contributed by atoms with Crippen molar-refractivity contribution in [1.29, 1.82) is 0 Å². The second kappa shape index (κ2) is 1.84. The summed E-state index contributed by atoms with van der Waals surface area (Å²) >= 11 is 0. The highest BCUT2D eigenvalue weighted by atomic mass is 16.1. The van der Waals surface area contributed by atoms with Gasteiger partial charge < -0.3 is 10.7 Å². The van der Waals surface area contributed by atoms with Crippen LogP contribution in [0.3, 0.4) is 0 Å². The molecule has 1 fully saturated rings. The zero-order valence-electron chi connectivity index (χ0n) is 6.00. The third kappa shape index (κ3) is 0.753. The lowest BCUT2D eigenvalue weighted by Gasteiger charge is -2.05. The van der Waals surface area contributed by atoms with E-state index in [0.717, 1.165) is 12.8 Å². The molecule has 0 aliphatic heterocycles. The zero-order chi connectivity index (χ0) is 7.90. The lowest BCUT2D eigenvalue weighted by molar-refractivity contribution is -0.120. The highest BCUT2D eigenvalue weighted by Crippen LogP contribution is 2.45. The third-order valence-electron chi connectivity index (χ3n) is 2.17. The smallest absolute Gasteiger partial charge is 0.231 e. The van der Waals surface area contributed by atoms with Gasteiger partial charge in [0, 0.05) is 12.4 Å². The van der Waals surface area contributed by atoms with E-state index in [0.29, 0.717) is 5.82 Å². The normalized spacial score (nSPS) is 19.6. The number of imidazole rings is 1. The molecule has 0 saturated heterocycles. The monoisotopic (exact) mass is 151 g/mol. The summed E-state index contributed by atoms with van der Waals surface area (Å²) in [5.41, 5.74) is 4.77. The Balaban J connectivity index is 2.36. The van der Waals surface area contributed by atoms with Gasteiger partial charge in [-0.2, -0.15) is 0 Å². The topological polar surface area (TPSA) is 71.8 Å². The van der Waals surface area contributed by atoms with Crippen LogP contribution in [0.2, 0.25) is 0 Å². The maximum absolute atomic E-state index is 10.9. The summed E-state index contributed by atoms with van der Waals surface area (Å²) in [6, 6.07) is 0. The Hall–Kier alpha value is -1.32. The standard InChI is InChI=1S/C7H9N3O/c8-5(11)7(1-2-7)6-9-3-4-10-6/h3-4H,1-2H2,(H2,8,11)(H,9,10). The van der Waals surface area contributed by atoms with E-state index in [1.54, 1.807) is 12.4 Å². The summed E-state index contributed by atoms with van der Waals surface area (Å²) in [7, 11) is 0. The van der Waals surface area contributed by atoms with Crippen LogP contribution in [0.1, 0.15) is 18.7 Å². The van der Waals surface area contributed by atoms with Gasteiger partial charge in [0.25, 0.3) is 0 Å². The van der Waals surface area contributed by atoms with Crippen molar-refractivity contribution in [3.63, 3.8) is 0 Å². The summed E-state index contributed by atoms with van der Waals surface area (Å²) in [5, 5.41) is 0. The van der Waals surface area contributed by atoms with Gasteiger partial charge in [0.15, 0.2) is 0 Å². The van der Waals surface area contributed by atoms with Crippen molar-refractivity contribution in [3.8, 4) is 0 Å². The average molecular weight is 151 g/mol. The number of nitrogens with one attached hydrogen (secondary N) is 1. The van der Waals surface area contributed by atoms with E-state index in [1.165, 1.54) is 0 Å². The second-order valence-electron chi connectivity index (χ2n) is 2.88. The van der Waals surface area contributed by atoms with Crippen LogP contribution in [0.25, 0.3) is 0 Å². The highest BCUT2D eigenvalue weighted by Gasteiger charge is 2.52. The van der Waals surface area contributed by atoms with Crippen LogP contribution in [0.4, 0.5) is 0 Å². The molecule has 58 valence electrons. The first-order valence-electron chi connectivity index (χ1n) is 3.55. The van der Waals surface area contributed by atoms with Gasteiger partial charge in [0.05, 0.1) is 0 Å². The summed E-state index contributed by atoms with van der Waals surface area (Å²) < 4.78 is 0. The Morgan fingerprint density at radius 1 is 1.73 bits per heavy atom. The van der Waals surface area contributed by atoms with Gasteiger partial charge in [-0.25, -0.2) is 4.98 Å². The molecule has 1 aromatic rings. The predicted molar refractivity (Wildman–Crippen MR) is 38.7 cm³/mol. The molecule has 3 N–H and O–H groups in total. The van der Waals surface area contributed by atoms with Crippen molar-refractivity contribution < 1.29 is 4.79 Å². The first-order chi connectivity index (χ1) is 5.26. The van der Waals surface area contributed by atoms with Crippen LogP contribution < -0.4 is 5.73 Å². The molecule has 1 heterocycles. The van der Waals surface area contributed by atoms with E-state index in [2.05, 4.69) is 9.97 Å². The van der Waals surface area contributed by atoms with Gasteiger partial charge in [-0.05, 0) is 12.8 Å². The number of nitrogens with two attached hydrogens (primary N) is 1. The van der Waals surface area contributed by atoms with Crippen LogP contribution in [-0.4, -0.2) is 15.9 Å². The summed E-state index contributed by atoms with van der Waals surface area (Å²) in [4.78, 5) is 17.9. The van der Waals surface area contributed by atoms with Crippen molar-refractivity contribution >= 4 is 5.91 Å². The first-order valence-corrected chi connectivity index (χ1v) is 3.55. The van der Waals surface area contributed by atoms with Crippen molar-refractivity contribution in [3.05, 3.63) is 18.2 Å². The van der Waals surface area contributed by atoms with Gasteiger partial charge in [-0.1, -0.05) is 0 Å². The van der Waals surface area contributed by atoms with Crippen molar-refractivity contribution in [2.75, 3.05) is 0 Å². The number of H-pyrrole nitrogens is 1. The SMILES string of the molecule is NC(=O)C1(c2ncc[nH]2)CC1. The Morgan fingerprint density at radius 2 is 2.45 bits per heavy atom. The maximum Gasteiger partial charge on any atom is 0.231 e. The molecule has 4 nitrogen and oxygen atoms in total. The molecule has 0 spiro atoms. The number of aromatic nitrogens is 2. The van der Waals surface area contributed by atoms with E-state index < -0.39 is 5.41 Å². The average Bonchev–Trinajstić information content (AvgIpc) is 2.61. The molecule has 1 aliphatic carbocycles. The van der Waals surface area contributed by atoms with Crippen molar-refractivity contribution in [2.24, 2.45) is 5.73 Å². The fourth-order valence-electron chi connectivity index (χ4n) is 1.25. The van der Waals surface area contributed by atoms with Gasteiger partial charge in [0.2, 0.25) is 5.91 Å². The fraction of sp³-hybridized carbons (Fsp3) is 0.429. The minimum Gasteiger partial charge on any atom is -0.369 e. The fourth-order valence-corrected chi connectivity index (χ4v) is 1.25. The minimum atomic E-state index is -0.455. The molecule has 1 saturated carbocycles. The lowest BCUT2D eigenvalue weighted by atomic mass is 10.1. The molecule has 1 aliphatic rings. The van der Waals surface area contributed by atoms with E-state index in [9.17, 15) is 4.79 Å². The van der Waals surface area contributed by atoms with Crippen LogP contribution >= 0.6 is 0 Å². The Morgan fingerprint density at radius 3 is 2.82 bits per heavy atom. The number of hydrogen-bond donors (Lipinski definition) is 2. The number of nitrogens with zero attached hydrogens (tertiary/aromatic N) is 1. The molecule has 0 unspecified atom stereocenters. The van der Waals surface area contributed by atoms with E-state index in [4.69, 9.17) is 5.73 Å². The van der Waals surface area contributed by atoms with E-state index in [1.807, 2.05) is 0 Å². The first kappa shape index (κ1) is 6.39. The molecule has 0 aromatic carbocycles. The summed E-state index contributed by atoms with van der Waals surface area (Å²) in [6.07, 6.45) is 5.00. The summed E-state index contributed by atoms with van der Waals surface area (Å²) in [5.74, 6) is 0.442. The molecule has 0 bridgehead atoms. The molecular weight excluding hydrogens is 142 g/mol. The molecule has 2 rings (SSSR count). The lowest BCUT2D eigenvalue weighted by Crippen LogP contribution is -2.29. The van der Waals surface area contributed by atoms with Gasteiger partial charge in [-0.15, -0.1) is 0 Å². The molecule has 0 radical (unpaired) electrons.